The minimum atomic E-state index is -0.862. The Hall–Kier alpha value is -4.48. The topological polar surface area (TPSA) is 158 Å². The van der Waals surface area contributed by atoms with Gasteiger partial charge in [0.15, 0.2) is 0 Å². The summed E-state index contributed by atoms with van der Waals surface area (Å²) in [5.74, 6) is -3.79. The number of carbonyl (C=O) groups is 6. The molecule has 2 aliphatic carbocycles. The average Bonchev–Trinajstić information content (AvgIpc) is 3.08. The molecule has 0 bridgehead atoms. The third-order valence-electron chi connectivity index (χ3n) is 8.44. The molecule has 0 heterocycles. The summed E-state index contributed by atoms with van der Waals surface area (Å²) in [6, 6.07) is 4.13. The molecule has 262 valence electrons. The molecule has 0 N–H and O–H groups in total. The summed E-state index contributed by atoms with van der Waals surface area (Å²) in [6.07, 6.45) is 7.13. The van der Waals surface area contributed by atoms with Gasteiger partial charge in [0, 0.05) is 11.6 Å². The van der Waals surface area contributed by atoms with Crippen molar-refractivity contribution in [1.82, 2.24) is 0 Å². The Morgan fingerprint density at radius 1 is 0.708 bits per heavy atom. The number of esters is 6. The first kappa shape index (κ1) is 38.0. The molecule has 2 fully saturated rings. The highest BCUT2D eigenvalue weighted by atomic mass is 16.6. The number of benzene rings is 1. The van der Waals surface area contributed by atoms with E-state index in [2.05, 4.69) is 20.1 Å². The summed E-state index contributed by atoms with van der Waals surface area (Å²) in [6.45, 7) is 10.4. The zero-order chi connectivity index (χ0) is 35.1. The van der Waals surface area contributed by atoms with Crippen molar-refractivity contribution in [1.29, 1.82) is 0 Å². The van der Waals surface area contributed by atoms with Gasteiger partial charge < -0.3 is 28.4 Å². The number of hydrogen-bond acceptors (Lipinski definition) is 12. The van der Waals surface area contributed by atoms with Crippen LogP contribution in [-0.2, 0) is 42.9 Å². The molecule has 0 amide bonds. The molecule has 2 aliphatic rings. The highest BCUT2D eigenvalue weighted by Gasteiger charge is 2.33. The van der Waals surface area contributed by atoms with Crippen molar-refractivity contribution < 1.29 is 57.2 Å². The molecule has 1 aromatic rings. The van der Waals surface area contributed by atoms with Gasteiger partial charge in [-0.25, -0.2) is 14.4 Å². The lowest BCUT2D eigenvalue weighted by Crippen LogP contribution is -2.30. The van der Waals surface area contributed by atoms with Crippen LogP contribution in [0.3, 0.4) is 0 Å². The Morgan fingerprint density at radius 3 is 1.85 bits per heavy atom. The lowest BCUT2D eigenvalue weighted by molar-refractivity contribution is -0.152. The quantitative estimate of drug-likeness (QED) is 0.0720. The number of rotatable bonds is 16. The highest BCUT2D eigenvalue weighted by Crippen LogP contribution is 2.34. The van der Waals surface area contributed by atoms with E-state index in [-0.39, 0.29) is 72.8 Å². The van der Waals surface area contributed by atoms with E-state index in [0.29, 0.717) is 44.4 Å². The van der Waals surface area contributed by atoms with E-state index >= 15 is 0 Å². The van der Waals surface area contributed by atoms with Crippen molar-refractivity contribution in [3.05, 3.63) is 48.6 Å². The van der Waals surface area contributed by atoms with Gasteiger partial charge in [0.05, 0.1) is 31.0 Å². The summed E-state index contributed by atoms with van der Waals surface area (Å²) in [5, 5.41) is 0. The second-order valence-electron chi connectivity index (χ2n) is 12.3. The van der Waals surface area contributed by atoms with E-state index in [1.165, 1.54) is 25.1 Å². The van der Waals surface area contributed by atoms with Crippen LogP contribution in [0.25, 0.3) is 0 Å². The molecule has 0 saturated heterocycles. The normalized spacial score (nSPS) is 20.4. The smallest absolute Gasteiger partial charge is 0.342 e. The van der Waals surface area contributed by atoms with Crippen LogP contribution >= 0.6 is 0 Å². The van der Waals surface area contributed by atoms with Gasteiger partial charge in [-0.1, -0.05) is 20.1 Å². The molecular formula is C36H46O12. The van der Waals surface area contributed by atoms with E-state index in [1.807, 2.05) is 0 Å². The van der Waals surface area contributed by atoms with Gasteiger partial charge in [0.2, 0.25) is 0 Å². The number of unbranched alkanes of at least 4 members (excludes halogenated alkanes) is 1. The van der Waals surface area contributed by atoms with Gasteiger partial charge in [-0.3, -0.25) is 14.4 Å². The van der Waals surface area contributed by atoms with E-state index < -0.39 is 29.8 Å². The van der Waals surface area contributed by atoms with E-state index in [0.717, 1.165) is 31.8 Å². The molecule has 0 aliphatic heterocycles. The van der Waals surface area contributed by atoms with E-state index in [4.69, 9.17) is 28.4 Å². The molecule has 3 rings (SSSR count). The Balaban J connectivity index is 1.57. The summed E-state index contributed by atoms with van der Waals surface area (Å²) < 4.78 is 31.7. The van der Waals surface area contributed by atoms with Crippen LogP contribution in [0.1, 0.15) is 88.4 Å². The first-order chi connectivity index (χ1) is 23.0. The van der Waals surface area contributed by atoms with Crippen LogP contribution < -0.4 is 9.47 Å². The molecule has 0 aromatic heterocycles. The first-order valence-electron chi connectivity index (χ1n) is 16.5. The molecule has 2 saturated carbocycles. The van der Waals surface area contributed by atoms with Crippen molar-refractivity contribution in [2.45, 2.75) is 78.1 Å². The van der Waals surface area contributed by atoms with E-state index in [9.17, 15) is 28.8 Å². The predicted octanol–water partition coefficient (Wildman–Crippen LogP) is 5.46. The van der Waals surface area contributed by atoms with Crippen LogP contribution in [0.5, 0.6) is 11.5 Å². The van der Waals surface area contributed by atoms with Crippen molar-refractivity contribution in [3.8, 4) is 11.5 Å². The van der Waals surface area contributed by atoms with Crippen molar-refractivity contribution in [2.24, 2.45) is 23.7 Å². The van der Waals surface area contributed by atoms with Crippen LogP contribution in [0.2, 0.25) is 0 Å². The van der Waals surface area contributed by atoms with Gasteiger partial charge in [-0.15, -0.1) is 0 Å². The maximum Gasteiger partial charge on any atom is 0.342 e. The molecule has 0 radical (unpaired) electrons. The van der Waals surface area contributed by atoms with Crippen LogP contribution in [0, 0.1) is 23.7 Å². The summed E-state index contributed by atoms with van der Waals surface area (Å²) in [4.78, 5) is 74.3. The maximum atomic E-state index is 13.2. The number of carbonyl (C=O) groups excluding carboxylic acids is 6. The fourth-order valence-corrected chi connectivity index (χ4v) is 5.47. The molecule has 12 heteroatoms. The zero-order valence-electron chi connectivity index (χ0n) is 27.8. The predicted molar refractivity (Wildman–Crippen MR) is 172 cm³/mol. The largest absolute Gasteiger partial charge is 0.465 e. The lowest BCUT2D eigenvalue weighted by Gasteiger charge is -2.26. The minimum absolute atomic E-state index is 0.0736. The third-order valence-corrected chi connectivity index (χ3v) is 8.44. The Bertz CT molecular complexity index is 1330. The Kier molecular flexibility index (Phi) is 15.3. The number of ether oxygens (including phenoxy) is 6. The second-order valence-corrected chi connectivity index (χ2v) is 12.3. The fraction of sp³-hybridized carbons (Fsp3) is 0.556. The molecule has 48 heavy (non-hydrogen) atoms. The second kappa shape index (κ2) is 19.4. The zero-order valence-corrected chi connectivity index (χ0v) is 27.8. The van der Waals surface area contributed by atoms with Crippen molar-refractivity contribution in [2.75, 3.05) is 26.4 Å². The van der Waals surface area contributed by atoms with Crippen LogP contribution in [0.4, 0.5) is 0 Å². The Labute approximate surface area is 281 Å². The molecule has 0 atom stereocenters. The Morgan fingerprint density at radius 2 is 1.25 bits per heavy atom. The fourth-order valence-electron chi connectivity index (χ4n) is 5.47. The molecule has 1 aromatic carbocycles. The van der Waals surface area contributed by atoms with E-state index in [1.54, 1.807) is 0 Å². The first-order valence-corrected chi connectivity index (χ1v) is 16.5. The lowest BCUT2D eigenvalue weighted by atomic mass is 9.82. The molecule has 0 spiro atoms. The van der Waals surface area contributed by atoms with Crippen LogP contribution in [0.15, 0.2) is 43.0 Å². The third kappa shape index (κ3) is 12.3. The van der Waals surface area contributed by atoms with Gasteiger partial charge in [0.25, 0.3) is 0 Å². The van der Waals surface area contributed by atoms with Gasteiger partial charge in [-0.05, 0) is 95.2 Å². The standard InChI is InChI=1S/C36H46O12/c1-5-31(37)43-18-6-7-19-44-33(39)25-12-14-27(15-13-25)35(41)48-30-17-16-28(47-34(40)26-10-8-24(4)9-11-26)22-29(30)36(42)46-21-20-45-32(38)23(2)3/h5,16-17,22,24-27H,1-2,6-15,18-21H2,3-4H3. The molecular weight excluding hydrogens is 624 g/mol. The summed E-state index contributed by atoms with van der Waals surface area (Å²) >= 11 is 0. The monoisotopic (exact) mass is 670 g/mol. The highest BCUT2D eigenvalue weighted by molar-refractivity contribution is 5.94. The van der Waals surface area contributed by atoms with Crippen LogP contribution in [-0.4, -0.2) is 62.2 Å². The van der Waals surface area contributed by atoms with Gasteiger partial charge >= 0.3 is 35.8 Å². The summed E-state index contributed by atoms with van der Waals surface area (Å²) in [7, 11) is 0. The number of hydrogen-bond donors (Lipinski definition) is 0. The SMILES string of the molecule is C=CC(=O)OCCCCOC(=O)C1CCC(C(=O)Oc2ccc(OC(=O)C3CCC(C)CC3)cc2C(=O)OCCOC(=O)C(=C)C)CC1. The van der Waals surface area contributed by atoms with Crippen molar-refractivity contribution in [3.63, 3.8) is 0 Å². The van der Waals surface area contributed by atoms with Gasteiger partial charge in [0.1, 0.15) is 30.3 Å². The van der Waals surface area contributed by atoms with Gasteiger partial charge in [-0.2, -0.15) is 0 Å². The summed E-state index contributed by atoms with van der Waals surface area (Å²) in [5.41, 5.74) is 0.0674. The minimum Gasteiger partial charge on any atom is -0.465 e. The molecule has 0 unspecified atom stereocenters. The average molecular weight is 671 g/mol. The van der Waals surface area contributed by atoms with Crippen molar-refractivity contribution >= 4 is 35.8 Å². The maximum absolute atomic E-state index is 13.2. The molecule has 12 nitrogen and oxygen atoms in total.